The summed E-state index contributed by atoms with van der Waals surface area (Å²) in [5, 5.41) is 10.0. The van der Waals surface area contributed by atoms with E-state index in [4.69, 9.17) is 12.2 Å². The summed E-state index contributed by atoms with van der Waals surface area (Å²) < 4.78 is 0. The molecule has 4 rings (SSSR count). The molecule has 1 amide bonds. The van der Waals surface area contributed by atoms with Gasteiger partial charge in [-0.15, -0.1) is 0 Å². The third-order valence-electron chi connectivity index (χ3n) is 5.34. The highest BCUT2D eigenvalue weighted by molar-refractivity contribution is 7.80. The molecule has 1 aromatic heterocycles. The molecule has 3 aromatic carbocycles. The summed E-state index contributed by atoms with van der Waals surface area (Å²) >= 11 is 5.46. The Kier molecular flexibility index (Phi) is 7.98. The van der Waals surface area contributed by atoms with Gasteiger partial charge in [0.05, 0.1) is 0 Å². The zero-order valence-electron chi connectivity index (χ0n) is 18.7. The first-order valence-electron chi connectivity index (χ1n) is 11.2. The maximum absolute atomic E-state index is 13.0. The van der Waals surface area contributed by atoms with Crippen LogP contribution < -0.4 is 16.0 Å². The number of rotatable bonds is 8. The fourth-order valence-electron chi connectivity index (χ4n) is 3.67. The van der Waals surface area contributed by atoms with Gasteiger partial charge in [0.15, 0.2) is 5.11 Å². The molecule has 1 heterocycles. The predicted molar refractivity (Wildman–Crippen MR) is 142 cm³/mol. The number of aromatic nitrogens is 1. The number of hydrogen-bond acceptors (Lipinski definition) is 3. The van der Waals surface area contributed by atoms with E-state index in [2.05, 4.69) is 20.9 Å². The third kappa shape index (κ3) is 6.27. The van der Waals surface area contributed by atoms with Crippen molar-refractivity contribution in [3.8, 4) is 11.1 Å². The van der Waals surface area contributed by atoms with E-state index in [-0.39, 0.29) is 5.91 Å². The average molecular weight is 467 g/mol. The Morgan fingerprint density at radius 1 is 0.765 bits per heavy atom. The minimum absolute atomic E-state index is 0.101. The minimum Gasteiger partial charge on any atom is -0.358 e. The number of carbonyl (C=O) groups is 1. The van der Waals surface area contributed by atoms with Crippen LogP contribution in [0.5, 0.6) is 0 Å². The van der Waals surface area contributed by atoms with Crippen molar-refractivity contribution in [3.05, 3.63) is 120 Å². The molecule has 0 radical (unpaired) electrons. The molecule has 0 spiro atoms. The van der Waals surface area contributed by atoms with E-state index in [1.807, 2.05) is 97.1 Å². The molecule has 0 aliphatic carbocycles. The molecule has 4 aromatic rings. The summed E-state index contributed by atoms with van der Waals surface area (Å²) in [5.41, 5.74) is 5.45. The number of nitrogens with zero attached hydrogens (tertiary/aromatic N) is 1. The fraction of sp³-hybridized carbons (Fsp3) is 0.107. The second kappa shape index (κ2) is 11.7. The second-order valence-electron chi connectivity index (χ2n) is 7.70. The maximum atomic E-state index is 13.0. The van der Waals surface area contributed by atoms with Crippen molar-refractivity contribution in [1.82, 2.24) is 15.6 Å². The second-order valence-corrected chi connectivity index (χ2v) is 8.11. The number of pyridine rings is 1. The van der Waals surface area contributed by atoms with Crippen LogP contribution in [0, 0.1) is 0 Å². The molecule has 34 heavy (non-hydrogen) atoms. The van der Waals surface area contributed by atoms with Gasteiger partial charge in [0, 0.05) is 42.7 Å². The van der Waals surface area contributed by atoms with Crippen molar-refractivity contribution >= 4 is 28.9 Å². The molecule has 0 aliphatic heterocycles. The highest BCUT2D eigenvalue weighted by Gasteiger charge is 2.14. The Hall–Kier alpha value is -4.03. The lowest BCUT2D eigenvalue weighted by Crippen LogP contribution is -2.28. The lowest BCUT2D eigenvalue weighted by Gasteiger charge is -2.16. The number of para-hydroxylation sites is 1. The smallest absolute Gasteiger partial charge is 0.251 e. The Balaban J connectivity index is 1.45. The molecule has 0 aliphatic rings. The van der Waals surface area contributed by atoms with Gasteiger partial charge in [0.1, 0.15) is 0 Å². The van der Waals surface area contributed by atoms with E-state index < -0.39 is 0 Å². The Morgan fingerprint density at radius 3 is 2.26 bits per heavy atom. The van der Waals surface area contributed by atoms with Crippen molar-refractivity contribution in [3.63, 3.8) is 0 Å². The van der Waals surface area contributed by atoms with Crippen LogP contribution in [0.25, 0.3) is 11.1 Å². The van der Waals surface area contributed by atoms with Gasteiger partial charge < -0.3 is 16.0 Å². The SMILES string of the molecule is O=C(NCCc1ccccn1)c1ccccc1-c1ccccc1CNC(=S)Nc1ccccc1. The Morgan fingerprint density at radius 2 is 1.47 bits per heavy atom. The normalized spacial score (nSPS) is 10.4. The quantitative estimate of drug-likeness (QED) is 0.311. The standard InChI is InChI=1S/C28H26N4OS/c33-27(30-19-17-22-11-8-9-18-29-22)26-16-7-6-15-25(26)24-14-5-4-10-21(24)20-31-28(34)32-23-12-2-1-3-13-23/h1-16,18H,17,19-20H2,(H,30,33)(H2,31,32,34). The monoisotopic (exact) mass is 466 g/mol. The minimum atomic E-state index is -0.101. The zero-order chi connectivity index (χ0) is 23.6. The first kappa shape index (κ1) is 23.1. The molecule has 0 saturated carbocycles. The average Bonchev–Trinajstić information content (AvgIpc) is 2.89. The van der Waals surface area contributed by atoms with E-state index in [9.17, 15) is 4.79 Å². The predicted octanol–water partition coefficient (Wildman–Crippen LogP) is 5.21. The zero-order valence-corrected chi connectivity index (χ0v) is 19.5. The highest BCUT2D eigenvalue weighted by Crippen LogP contribution is 2.27. The van der Waals surface area contributed by atoms with Crippen LogP contribution in [0.1, 0.15) is 21.6 Å². The third-order valence-corrected chi connectivity index (χ3v) is 5.59. The number of carbonyl (C=O) groups excluding carboxylic acids is 1. The van der Waals surface area contributed by atoms with Crippen molar-refractivity contribution < 1.29 is 4.79 Å². The van der Waals surface area contributed by atoms with Gasteiger partial charge in [-0.05, 0) is 59.2 Å². The number of hydrogen-bond donors (Lipinski definition) is 3. The van der Waals surface area contributed by atoms with Gasteiger partial charge in [-0.25, -0.2) is 0 Å². The molecular weight excluding hydrogens is 440 g/mol. The molecule has 0 bridgehead atoms. The molecule has 0 fully saturated rings. The van der Waals surface area contributed by atoms with Crippen molar-refractivity contribution in [2.24, 2.45) is 0 Å². The van der Waals surface area contributed by atoms with Crippen LogP contribution in [0.15, 0.2) is 103 Å². The number of benzene rings is 3. The molecule has 0 atom stereocenters. The highest BCUT2D eigenvalue weighted by atomic mass is 32.1. The molecule has 6 heteroatoms. The fourth-order valence-corrected chi connectivity index (χ4v) is 3.86. The van der Waals surface area contributed by atoms with Gasteiger partial charge in [0.2, 0.25) is 0 Å². The van der Waals surface area contributed by atoms with E-state index in [0.29, 0.717) is 30.2 Å². The maximum Gasteiger partial charge on any atom is 0.251 e. The first-order valence-corrected chi connectivity index (χ1v) is 11.6. The number of thiocarbonyl (C=S) groups is 1. The molecule has 5 nitrogen and oxygen atoms in total. The van der Waals surface area contributed by atoms with Gasteiger partial charge in [-0.1, -0.05) is 66.7 Å². The van der Waals surface area contributed by atoms with E-state index in [1.165, 1.54) is 0 Å². The number of amides is 1. The first-order chi connectivity index (χ1) is 16.7. The van der Waals surface area contributed by atoms with Crippen LogP contribution in [0.4, 0.5) is 5.69 Å². The van der Waals surface area contributed by atoms with Crippen molar-refractivity contribution in [2.75, 3.05) is 11.9 Å². The molecule has 0 saturated heterocycles. The van der Waals surface area contributed by atoms with Gasteiger partial charge in [0.25, 0.3) is 5.91 Å². The summed E-state index contributed by atoms with van der Waals surface area (Å²) in [5.74, 6) is -0.101. The summed E-state index contributed by atoms with van der Waals surface area (Å²) in [6.45, 7) is 1.05. The largest absolute Gasteiger partial charge is 0.358 e. The van der Waals surface area contributed by atoms with Gasteiger partial charge in [-0.2, -0.15) is 0 Å². The Bertz CT molecular complexity index is 1250. The van der Waals surface area contributed by atoms with E-state index in [0.717, 1.165) is 28.1 Å². The van der Waals surface area contributed by atoms with Gasteiger partial charge >= 0.3 is 0 Å². The summed E-state index contributed by atoms with van der Waals surface area (Å²) in [7, 11) is 0. The Labute approximate surface area is 205 Å². The van der Waals surface area contributed by atoms with Crippen LogP contribution in [0.2, 0.25) is 0 Å². The lowest BCUT2D eigenvalue weighted by atomic mass is 9.95. The van der Waals surface area contributed by atoms with Gasteiger partial charge in [-0.3, -0.25) is 9.78 Å². The van der Waals surface area contributed by atoms with Crippen molar-refractivity contribution in [1.29, 1.82) is 0 Å². The molecule has 3 N–H and O–H groups in total. The number of nitrogens with one attached hydrogen (secondary N) is 3. The lowest BCUT2D eigenvalue weighted by molar-refractivity contribution is 0.0954. The van der Waals surface area contributed by atoms with Crippen LogP contribution in [-0.2, 0) is 13.0 Å². The summed E-state index contributed by atoms with van der Waals surface area (Å²) in [6.07, 6.45) is 2.44. The molecular formula is C28H26N4OS. The number of anilines is 1. The molecule has 170 valence electrons. The topological polar surface area (TPSA) is 66.0 Å². The molecule has 0 unspecified atom stereocenters. The van der Waals surface area contributed by atoms with Crippen molar-refractivity contribution in [2.45, 2.75) is 13.0 Å². The summed E-state index contributed by atoms with van der Waals surface area (Å²) in [6, 6.07) is 31.3. The van der Waals surface area contributed by atoms with E-state index >= 15 is 0 Å². The van der Waals surface area contributed by atoms with Crippen LogP contribution in [0.3, 0.4) is 0 Å². The van der Waals surface area contributed by atoms with Crippen LogP contribution in [-0.4, -0.2) is 22.5 Å². The summed E-state index contributed by atoms with van der Waals surface area (Å²) in [4.78, 5) is 17.3. The van der Waals surface area contributed by atoms with Crippen LogP contribution >= 0.6 is 12.2 Å². The van der Waals surface area contributed by atoms with E-state index in [1.54, 1.807) is 6.20 Å².